The summed E-state index contributed by atoms with van der Waals surface area (Å²) < 4.78 is 10.3. The largest absolute Gasteiger partial charge is 0.493 e. The standard InChI is InChI=1S/C14H20N2O3/c1-5-10(2)9-15-14(17)16-11-6-7-12(18-3)13(8-11)19-4/h6-9H,5H2,1-4H3,(H2,15,16,17)/b10-9+. The van der Waals surface area contributed by atoms with E-state index in [9.17, 15) is 4.79 Å². The molecule has 19 heavy (non-hydrogen) atoms. The highest BCUT2D eigenvalue weighted by Gasteiger charge is 2.06. The van der Waals surface area contributed by atoms with Crippen molar-refractivity contribution in [2.45, 2.75) is 20.3 Å². The van der Waals surface area contributed by atoms with Crippen molar-refractivity contribution in [2.24, 2.45) is 0 Å². The summed E-state index contributed by atoms with van der Waals surface area (Å²) in [5.41, 5.74) is 1.74. The van der Waals surface area contributed by atoms with E-state index >= 15 is 0 Å². The molecule has 0 aliphatic heterocycles. The van der Waals surface area contributed by atoms with Gasteiger partial charge in [-0.2, -0.15) is 0 Å². The average molecular weight is 264 g/mol. The maximum absolute atomic E-state index is 11.6. The number of nitrogens with one attached hydrogen (secondary N) is 2. The highest BCUT2D eigenvalue weighted by atomic mass is 16.5. The highest BCUT2D eigenvalue weighted by molar-refractivity contribution is 5.90. The topological polar surface area (TPSA) is 59.6 Å². The van der Waals surface area contributed by atoms with Crippen LogP contribution in [0.15, 0.2) is 30.0 Å². The first-order valence-corrected chi connectivity index (χ1v) is 6.05. The SMILES string of the molecule is CC/C(C)=C/NC(=O)Nc1ccc(OC)c(OC)c1. The van der Waals surface area contributed by atoms with Gasteiger partial charge in [-0.25, -0.2) is 4.79 Å². The van der Waals surface area contributed by atoms with E-state index < -0.39 is 0 Å². The van der Waals surface area contributed by atoms with E-state index in [1.807, 2.05) is 13.8 Å². The van der Waals surface area contributed by atoms with Gasteiger partial charge in [-0.3, -0.25) is 0 Å². The minimum atomic E-state index is -0.292. The van der Waals surface area contributed by atoms with Crippen molar-refractivity contribution in [2.75, 3.05) is 19.5 Å². The minimum absolute atomic E-state index is 0.292. The van der Waals surface area contributed by atoms with Gasteiger partial charge in [0, 0.05) is 18.0 Å². The fraction of sp³-hybridized carbons (Fsp3) is 0.357. The molecule has 0 radical (unpaired) electrons. The van der Waals surface area contributed by atoms with Gasteiger partial charge in [-0.05, 0) is 25.5 Å². The van der Waals surface area contributed by atoms with E-state index in [1.165, 1.54) is 0 Å². The van der Waals surface area contributed by atoms with Crippen LogP contribution in [0.4, 0.5) is 10.5 Å². The van der Waals surface area contributed by atoms with Crippen LogP contribution in [0.25, 0.3) is 0 Å². The quantitative estimate of drug-likeness (QED) is 0.859. The molecule has 5 heteroatoms. The van der Waals surface area contributed by atoms with Crippen molar-refractivity contribution in [1.29, 1.82) is 0 Å². The molecule has 0 fully saturated rings. The zero-order chi connectivity index (χ0) is 14.3. The zero-order valence-corrected chi connectivity index (χ0v) is 11.7. The summed E-state index contributed by atoms with van der Waals surface area (Å²) in [4.78, 5) is 11.6. The Hall–Kier alpha value is -2.17. The number of carbonyl (C=O) groups is 1. The second-order valence-corrected chi connectivity index (χ2v) is 4.01. The van der Waals surface area contributed by atoms with Crippen LogP contribution < -0.4 is 20.1 Å². The molecule has 0 aliphatic carbocycles. The molecule has 104 valence electrons. The van der Waals surface area contributed by atoms with Crippen molar-refractivity contribution in [1.82, 2.24) is 5.32 Å². The van der Waals surface area contributed by atoms with E-state index in [4.69, 9.17) is 9.47 Å². The number of anilines is 1. The summed E-state index contributed by atoms with van der Waals surface area (Å²) in [5, 5.41) is 5.38. The van der Waals surface area contributed by atoms with Gasteiger partial charge in [0.05, 0.1) is 14.2 Å². The predicted octanol–water partition coefficient (Wildman–Crippen LogP) is 3.14. The van der Waals surface area contributed by atoms with Crippen LogP contribution in [0.2, 0.25) is 0 Å². The molecule has 0 aromatic heterocycles. The molecule has 0 saturated carbocycles. The van der Waals surface area contributed by atoms with E-state index in [2.05, 4.69) is 10.6 Å². The molecule has 0 atom stereocenters. The molecule has 1 aromatic rings. The van der Waals surface area contributed by atoms with Crippen LogP contribution in [-0.2, 0) is 0 Å². The summed E-state index contributed by atoms with van der Waals surface area (Å²) >= 11 is 0. The predicted molar refractivity (Wildman–Crippen MR) is 75.7 cm³/mol. The van der Waals surface area contributed by atoms with E-state index in [0.29, 0.717) is 17.2 Å². The van der Waals surface area contributed by atoms with E-state index in [-0.39, 0.29) is 6.03 Å². The fourth-order valence-electron chi connectivity index (χ4n) is 1.37. The third-order valence-corrected chi connectivity index (χ3v) is 2.65. The summed E-state index contributed by atoms with van der Waals surface area (Å²) in [6, 6.07) is 4.90. The summed E-state index contributed by atoms with van der Waals surface area (Å²) in [5.74, 6) is 1.19. The summed E-state index contributed by atoms with van der Waals surface area (Å²) in [6.07, 6.45) is 2.59. The van der Waals surface area contributed by atoms with Crippen LogP contribution in [-0.4, -0.2) is 20.3 Å². The first kappa shape index (κ1) is 14.9. The highest BCUT2D eigenvalue weighted by Crippen LogP contribution is 2.29. The van der Waals surface area contributed by atoms with Gasteiger partial charge >= 0.3 is 6.03 Å². The molecular formula is C14H20N2O3. The molecule has 0 bridgehead atoms. The van der Waals surface area contributed by atoms with Crippen molar-refractivity contribution < 1.29 is 14.3 Å². The molecular weight excluding hydrogens is 244 g/mol. The van der Waals surface area contributed by atoms with Crippen molar-refractivity contribution in [3.05, 3.63) is 30.0 Å². The van der Waals surface area contributed by atoms with Crippen LogP contribution in [0.1, 0.15) is 20.3 Å². The van der Waals surface area contributed by atoms with Crippen molar-refractivity contribution >= 4 is 11.7 Å². The van der Waals surface area contributed by atoms with E-state index in [0.717, 1.165) is 12.0 Å². The molecule has 0 aliphatic rings. The van der Waals surface area contributed by atoms with Gasteiger partial charge in [0.1, 0.15) is 0 Å². The number of benzene rings is 1. The first-order valence-electron chi connectivity index (χ1n) is 6.05. The van der Waals surface area contributed by atoms with Crippen LogP contribution >= 0.6 is 0 Å². The average Bonchev–Trinajstić information content (AvgIpc) is 2.44. The lowest BCUT2D eigenvalue weighted by Gasteiger charge is -2.10. The summed E-state index contributed by atoms with van der Waals surface area (Å²) in [6.45, 7) is 3.98. The van der Waals surface area contributed by atoms with Crippen molar-refractivity contribution in [3.63, 3.8) is 0 Å². The monoisotopic (exact) mass is 264 g/mol. The third kappa shape index (κ3) is 4.54. The molecule has 0 spiro atoms. The van der Waals surface area contributed by atoms with Crippen LogP contribution in [0, 0.1) is 0 Å². The van der Waals surface area contributed by atoms with Gasteiger partial charge in [-0.15, -0.1) is 0 Å². The third-order valence-electron chi connectivity index (χ3n) is 2.65. The first-order chi connectivity index (χ1) is 9.10. The number of hydrogen-bond acceptors (Lipinski definition) is 3. The Bertz CT molecular complexity index is 470. The molecule has 1 aromatic carbocycles. The normalized spacial score (nSPS) is 10.8. The van der Waals surface area contributed by atoms with Gasteiger partial charge in [-0.1, -0.05) is 12.5 Å². The van der Waals surface area contributed by atoms with Gasteiger partial charge in [0.25, 0.3) is 0 Å². The lowest BCUT2D eigenvalue weighted by Crippen LogP contribution is -2.24. The second-order valence-electron chi connectivity index (χ2n) is 4.01. The molecule has 0 saturated heterocycles. The number of hydrogen-bond donors (Lipinski definition) is 2. The molecule has 5 nitrogen and oxygen atoms in total. The Balaban J connectivity index is 2.69. The van der Waals surface area contributed by atoms with Crippen molar-refractivity contribution in [3.8, 4) is 11.5 Å². The fourth-order valence-corrected chi connectivity index (χ4v) is 1.37. The number of urea groups is 1. The van der Waals surface area contributed by atoms with Crippen LogP contribution in [0.3, 0.4) is 0 Å². The van der Waals surface area contributed by atoms with E-state index in [1.54, 1.807) is 38.6 Å². The van der Waals surface area contributed by atoms with Crippen LogP contribution in [0.5, 0.6) is 11.5 Å². The Morgan fingerprint density at radius 1 is 1.26 bits per heavy atom. The molecule has 0 unspecified atom stereocenters. The molecule has 2 N–H and O–H groups in total. The lowest BCUT2D eigenvalue weighted by molar-refractivity contribution is 0.255. The number of carbonyl (C=O) groups excluding carboxylic acids is 1. The van der Waals surface area contributed by atoms with Gasteiger partial charge in [0.15, 0.2) is 11.5 Å². The lowest BCUT2D eigenvalue weighted by atomic mass is 10.2. The number of allylic oxidation sites excluding steroid dienone is 1. The number of ether oxygens (including phenoxy) is 2. The maximum Gasteiger partial charge on any atom is 0.323 e. The number of rotatable bonds is 5. The Morgan fingerprint density at radius 3 is 2.53 bits per heavy atom. The smallest absolute Gasteiger partial charge is 0.323 e. The molecule has 0 heterocycles. The Morgan fingerprint density at radius 2 is 1.95 bits per heavy atom. The number of amides is 2. The summed E-state index contributed by atoms with van der Waals surface area (Å²) in [7, 11) is 3.12. The van der Waals surface area contributed by atoms with Gasteiger partial charge in [0.2, 0.25) is 0 Å². The zero-order valence-electron chi connectivity index (χ0n) is 11.7. The maximum atomic E-state index is 11.6. The Kier molecular flexibility index (Phi) is 5.73. The number of methoxy groups -OCH3 is 2. The Labute approximate surface area is 113 Å². The van der Waals surface area contributed by atoms with Gasteiger partial charge < -0.3 is 20.1 Å². The molecule has 1 rings (SSSR count). The molecule has 2 amide bonds. The minimum Gasteiger partial charge on any atom is -0.493 e. The second kappa shape index (κ2) is 7.31.